The molecule has 5 aromatic rings. The third-order valence-electron chi connectivity index (χ3n) is 6.19. The smallest absolute Gasteiger partial charge is 0.259 e. The Morgan fingerprint density at radius 2 is 1.76 bits per heavy atom. The molecule has 3 aromatic carbocycles. The molecule has 0 saturated carbocycles. The van der Waals surface area contributed by atoms with Gasteiger partial charge >= 0.3 is 0 Å². The second-order valence-corrected chi connectivity index (χ2v) is 8.98. The number of hydrogen-bond acceptors (Lipinski definition) is 6. The van der Waals surface area contributed by atoms with Crippen molar-refractivity contribution >= 4 is 22.5 Å². The lowest BCUT2D eigenvalue weighted by atomic mass is 10.0. The van der Waals surface area contributed by atoms with Crippen molar-refractivity contribution in [1.82, 2.24) is 14.7 Å². The maximum absolute atomic E-state index is 13.2. The summed E-state index contributed by atoms with van der Waals surface area (Å²) in [7, 11) is 1.60. The minimum absolute atomic E-state index is 0.132. The maximum Gasteiger partial charge on any atom is 0.259 e. The summed E-state index contributed by atoms with van der Waals surface area (Å²) in [5.41, 5.74) is 3.38. The summed E-state index contributed by atoms with van der Waals surface area (Å²) in [6.07, 6.45) is 0. The minimum atomic E-state index is -0.344. The summed E-state index contributed by atoms with van der Waals surface area (Å²) in [6, 6.07) is 23.8. The number of rotatable bonds is 7. The van der Waals surface area contributed by atoms with Crippen LogP contribution in [-0.4, -0.2) is 27.7 Å². The van der Waals surface area contributed by atoms with Crippen LogP contribution < -0.4 is 15.6 Å². The van der Waals surface area contributed by atoms with E-state index in [-0.39, 0.29) is 23.9 Å². The van der Waals surface area contributed by atoms with E-state index in [2.05, 4.69) is 29.3 Å². The van der Waals surface area contributed by atoms with Crippen molar-refractivity contribution in [3.05, 3.63) is 94.8 Å². The van der Waals surface area contributed by atoms with E-state index in [1.54, 1.807) is 13.2 Å². The van der Waals surface area contributed by atoms with Crippen LogP contribution in [0.1, 0.15) is 25.3 Å². The number of benzene rings is 3. The standard InChI is InChI=1S/C29H26N4O4/c1-18(2)19-8-12-21(13-9-19)30-26(34)17-33-25-7-5-4-6-23(25)24(16-27(33)35)29-31-28(32-37-29)20-10-14-22(36-3)15-11-20/h4-16,18H,17H2,1-3H3,(H,30,34). The van der Waals surface area contributed by atoms with E-state index in [1.165, 1.54) is 16.2 Å². The highest BCUT2D eigenvalue weighted by Gasteiger charge is 2.18. The first-order valence-electron chi connectivity index (χ1n) is 11.9. The fourth-order valence-electron chi connectivity index (χ4n) is 4.16. The largest absolute Gasteiger partial charge is 0.497 e. The van der Waals surface area contributed by atoms with E-state index >= 15 is 0 Å². The topological polar surface area (TPSA) is 99.3 Å². The Bertz CT molecular complexity index is 1620. The van der Waals surface area contributed by atoms with Gasteiger partial charge in [-0.05, 0) is 53.9 Å². The molecule has 0 unspecified atom stereocenters. The molecule has 8 heteroatoms. The van der Waals surface area contributed by atoms with Gasteiger partial charge in [-0.25, -0.2) is 0 Å². The molecule has 2 aromatic heterocycles. The second-order valence-electron chi connectivity index (χ2n) is 8.98. The number of pyridine rings is 1. The number of nitrogens with zero attached hydrogens (tertiary/aromatic N) is 3. The zero-order valence-corrected chi connectivity index (χ0v) is 20.8. The number of ether oxygens (including phenoxy) is 1. The number of fused-ring (bicyclic) bond motifs is 1. The minimum Gasteiger partial charge on any atom is -0.497 e. The quantitative estimate of drug-likeness (QED) is 0.321. The Morgan fingerprint density at radius 1 is 1.03 bits per heavy atom. The predicted molar refractivity (Wildman–Crippen MR) is 143 cm³/mol. The molecular formula is C29H26N4O4. The highest BCUT2D eigenvalue weighted by Crippen LogP contribution is 2.28. The third-order valence-corrected chi connectivity index (χ3v) is 6.19. The van der Waals surface area contributed by atoms with Crippen LogP contribution >= 0.6 is 0 Å². The van der Waals surface area contributed by atoms with Crippen LogP contribution in [0.15, 0.2) is 88.2 Å². The predicted octanol–water partition coefficient (Wildman–Crippen LogP) is 5.49. The van der Waals surface area contributed by atoms with E-state index in [0.29, 0.717) is 28.5 Å². The van der Waals surface area contributed by atoms with Crippen LogP contribution in [0.2, 0.25) is 0 Å². The molecule has 8 nitrogen and oxygen atoms in total. The van der Waals surface area contributed by atoms with Gasteiger partial charge in [-0.2, -0.15) is 4.98 Å². The first kappa shape index (κ1) is 24.0. The Hall–Kier alpha value is -4.72. The van der Waals surface area contributed by atoms with Crippen LogP contribution in [0.25, 0.3) is 33.7 Å². The van der Waals surface area contributed by atoms with Crippen molar-refractivity contribution in [2.75, 3.05) is 12.4 Å². The molecule has 186 valence electrons. The number of methoxy groups -OCH3 is 1. The van der Waals surface area contributed by atoms with E-state index in [0.717, 1.165) is 16.7 Å². The average Bonchev–Trinajstić information content (AvgIpc) is 3.40. The highest BCUT2D eigenvalue weighted by molar-refractivity contribution is 5.95. The molecule has 0 saturated heterocycles. The number of carbonyl (C=O) groups is 1. The van der Waals surface area contributed by atoms with Gasteiger partial charge < -0.3 is 14.6 Å². The molecule has 0 aliphatic heterocycles. The summed E-state index contributed by atoms with van der Waals surface area (Å²) in [5.74, 6) is 1.45. The Labute approximate surface area is 213 Å². The summed E-state index contributed by atoms with van der Waals surface area (Å²) < 4.78 is 12.2. The summed E-state index contributed by atoms with van der Waals surface area (Å²) in [5, 5.41) is 7.69. The number of carbonyl (C=O) groups excluding carboxylic acids is 1. The number of para-hydroxylation sites is 1. The number of amides is 1. The normalized spacial score (nSPS) is 11.1. The number of nitrogens with one attached hydrogen (secondary N) is 1. The molecule has 1 amide bonds. The molecule has 0 atom stereocenters. The zero-order valence-electron chi connectivity index (χ0n) is 20.8. The van der Waals surface area contributed by atoms with Gasteiger partial charge in [0.1, 0.15) is 12.3 Å². The number of hydrogen-bond donors (Lipinski definition) is 1. The van der Waals surface area contributed by atoms with Gasteiger partial charge in [0.25, 0.3) is 11.4 Å². The second kappa shape index (κ2) is 10.1. The summed E-state index contributed by atoms with van der Waals surface area (Å²) in [4.78, 5) is 30.5. The van der Waals surface area contributed by atoms with Gasteiger partial charge in [0.05, 0.1) is 18.2 Å². The van der Waals surface area contributed by atoms with E-state index in [1.807, 2.05) is 66.7 Å². The molecule has 1 N–H and O–H groups in total. The van der Waals surface area contributed by atoms with Crippen LogP contribution in [-0.2, 0) is 11.3 Å². The van der Waals surface area contributed by atoms with Crippen molar-refractivity contribution in [3.8, 4) is 28.6 Å². The maximum atomic E-state index is 13.2. The average molecular weight is 495 g/mol. The van der Waals surface area contributed by atoms with Crippen molar-refractivity contribution in [1.29, 1.82) is 0 Å². The SMILES string of the molecule is COc1ccc(-c2noc(-c3cc(=O)n(CC(=O)Nc4ccc(C(C)C)cc4)c4ccccc34)n2)cc1. The first-order chi connectivity index (χ1) is 17.9. The van der Waals surface area contributed by atoms with Gasteiger partial charge in [-0.3, -0.25) is 14.2 Å². The van der Waals surface area contributed by atoms with Crippen molar-refractivity contribution in [2.45, 2.75) is 26.3 Å². The van der Waals surface area contributed by atoms with Crippen LogP contribution in [0.4, 0.5) is 5.69 Å². The van der Waals surface area contributed by atoms with Gasteiger partial charge in [0, 0.05) is 22.7 Å². The molecule has 0 fully saturated rings. The van der Waals surface area contributed by atoms with Crippen LogP contribution in [0.5, 0.6) is 5.75 Å². The third kappa shape index (κ3) is 4.99. The molecule has 0 radical (unpaired) electrons. The number of aromatic nitrogens is 3. The summed E-state index contributed by atoms with van der Waals surface area (Å²) in [6.45, 7) is 4.10. The van der Waals surface area contributed by atoms with Gasteiger partial charge in [0.15, 0.2) is 0 Å². The zero-order chi connectivity index (χ0) is 25.9. The molecule has 5 rings (SSSR count). The highest BCUT2D eigenvalue weighted by atomic mass is 16.5. The Morgan fingerprint density at radius 3 is 2.46 bits per heavy atom. The van der Waals surface area contributed by atoms with Crippen molar-refractivity contribution in [3.63, 3.8) is 0 Å². The first-order valence-corrected chi connectivity index (χ1v) is 11.9. The van der Waals surface area contributed by atoms with Crippen LogP contribution in [0.3, 0.4) is 0 Å². The Balaban J connectivity index is 1.44. The lowest BCUT2D eigenvalue weighted by molar-refractivity contribution is -0.116. The molecule has 0 spiro atoms. The fourth-order valence-corrected chi connectivity index (χ4v) is 4.16. The Kier molecular flexibility index (Phi) is 6.55. The molecule has 0 bridgehead atoms. The van der Waals surface area contributed by atoms with Gasteiger partial charge in [0.2, 0.25) is 11.7 Å². The van der Waals surface area contributed by atoms with Gasteiger partial charge in [-0.1, -0.05) is 49.3 Å². The summed E-state index contributed by atoms with van der Waals surface area (Å²) >= 11 is 0. The lowest BCUT2D eigenvalue weighted by Gasteiger charge is -2.13. The van der Waals surface area contributed by atoms with E-state index in [9.17, 15) is 9.59 Å². The molecular weight excluding hydrogens is 468 g/mol. The van der Waals surface area contributed by atoms with E-state index in [4.69, 9.17) is 9.26 Å². The van der Waals surface area contributed by atoms with Gasteiger partial charge in [-0.15, -0.1) is 0 Å². The molecule has 0 aliphatic carbocycles. The number of anilines is 1. The fraction of sp³-hybridized carbons (Fsp3) is 0.172. The van der Waals surface area contributed by atoms with Crippen LogP contribution in [0, 0.1) is 0 Å². The lowest BCUT2D eigenvalue weighted by Crippen LogP contribution is -2.27. The molecule has 2 heterocycles. The molecule has 37 heavy (non-hydrogen) atoms. The van der Waals surface area contributed by atoms with Crippen molar-refractivity contribution in [2.24, 2.45) is 0 Å². The van der Waals surface area contributed by atoms with E-state index < -0.39 is 0 Å². The monoisotopic (exact) mass is 494 g/mol. The van der Waals surface area contributed by atoms with Crippen molar-refractivity contribution < 1.29 is 14.1 Å². The molecule has 0 aliphatic rings.